The van der Waals surface area contributed by atoms with E-state index in [0.29, 0.717) is 0 Å². The van der Waals surface area contributed by atoms with Crippen LogP contribution in [0.5, 0.6) is 0 Å². The van der Waals surface area contributed by atoms with Gasteiger partial charge in [0, 0.05) is 13.2 Å². The van der Waals surface area contributed by atoms with Gasteiger partial charge in [-0.2, -0.15) is 0 Å². The van der Waals surface area contributed by atoms with E-state index in [4.69, 9.17) is 9.47 Å². The lowest BCUT2D eigenvalue weighted by Crippen LogP contribution is -2.21. The van der Waals surface area contributed by atoms with Crippen LogP contribution >= 0.6 is 0 Å². The van der Waals surface area contributed by atoms with Gasteiger partial charge in [-0.15, -0.1) is 0 Å². The van der Waals surface area contributed by atoms with Crippen molar-refractivity contribution in [3.05, 3.63) is 0 Å². The minimum atomic E-state index is 0.718. The molecule has 0 aliphatic heterocycles. The number of nitrogens with one attached hydrogen (secondary N) is 1. The summed E-state index contributed by atoms with van der Waals surface area (Å²) >= 11 is 0. The summed E-state index contributed by atoms with van der Waals surface area (Å²) in [5, 5.41) is 3.38. The van der Waals surface area contributed by atoms with E-state index >= 15 is 0 Å². The highest BCUT2D eigenvalue weighted by molar-refractivity contribution is 4.50. The van der Waals surface area contributed by atoms with E-state index in [1.807, 2.05) is 6.92 Å². The molecule has 0 spiro atoms. The van der Waals surface area contributed by atoms with Gasteiger partial charge in [-0.3, -0.25) is 0 Å². The van der Waals surface area contributed by atoms with Crippen molar-refractivity contribution in [3.63, 3.8) is 0 Å². The third-order valence-corrected chi connectivity index (χ3v) is 1.77. The number of hydrogen-bond acceptors (Lipinski definition) is 3. The van der Waals surface area contributed by atoms with Crippen LogP contribution in [0.3, 0.4) is 0 Å². The molecule has 0 aromatic rings. The molecule has 0 aromatic heterocycles. The van der Waals surface area contributed by atoms with E-state index in [9.17, 15) is 0 Å². The maximum Gasteiger partial charge on any atom is 0.0700 e. The highest BCUT2D eigenvalue weighted by Crippen LogP contribution is 1.88. The third-order valence-electron chi connectivity index (χ3n) is 1.77. The fourth-order valence-corrected chi connectivity index (χ4v) is 1.05. The molecule has 0 rings (SSSR count). The average Bonchev–Trinajstić information content (AvgIpc) is 2.15. The SMILES string of the molecule is CCOCCOCCCNCC(C)C. The smallest absolute Gasteiger partial charge is 0.0700 e. The molecule has 0 unspecified atom stereocenters. The topological polar surface area (TPSA) is 30.5 Å². The van der Waals surface area contributed by atoms with Crippen LogP contribution in [-0.4, -0.2) is 39.5 Å². The first-order valence-corrected chi connectivity index (χ1v) is 5.63. The predicted octanol–water partition coefficient (Wildman–Crippen LogP) is 1.68. The zero-order valence-corrected chi connectivity index (χ0v) is 9.84. The van der Waals surface area contributed by atoms with E-state index in [-0.39, 0.29) is 0 Å². The average molecular weight is 203 g/mol. The Labute approximate surface area is 88.2 Å². The van der Waals surface area contributed by atoms with Crippen LogP contribution in [-0.2, 0) is 9.47 Å². The molecule has 0 radical (unpaired) electrons. The van der Waals surface area contributed by atoms with Gasteiger partial charge in [-0.1, -0.05) is 13.8 Å². The molecule has 1 N–H and O–H groups in total. The monoisotopic (exact) mass is 203 g/mol. The molecule has 0 saturated carbocycles. The van der Waals surface area contributed by atoms with Crippen molar-refractivity contribution in [1.82, 2.24) is 5.32 Å². The Morgan fingerprint density at radius 1 is 1.07 bits per heavy atom. The number of rotatable bonds is 10. The van der Waals surface area contributed by atoms with Crippen LogP contribution < -0.4 is 5.32 Å². The van der Waals surface area contributed by atoms with E-state index in [1.165, 1.54) is 0 Å². The van der Waals surface area contributed by atoms with Gasteiger partial charge in [0.1, 0.15) is 0 Å². The Morgan fingerprint density at radius 2 is 1.79 bits per heavy atom. The Balaban J connectivity index is 2.85. The van der Waals surface area contributed by atoms with Crippen molar-refractivity contribution in [3.8, 4) is 0 Å². The van der Waals surface area contributed by atoms with Crippen LogP contribution in [0.15, 0.2) is 0 Å². The Kier molecular flexibility index (Phi) is 10.9. The zero-order chi connectivity index (χ0) is 10.6. The van der Waals surface area contributed by atoms with E-state index in [2.05, 4.69) is 19.2 Å². The van der Waals surface area contributed by atoms with E-state index in [0.717, 1.165) is 51.9 Å². The molecule has 3 nitrogen and oxygen atoms in total. The minimum absolute atomic E-state index is 0.718. The summed E-state index contributed by atoms with van der Waals surface area (Å²) in [6.07, 6.45) is 1.08. The fraction of sp³-hybridized carbons (Fsp3) is 1.00. The third kappa shape index (κ3) is 11.9. The van der Waals surface area contributed by atoms with Gasteiger partial charge < -0.3 is 14.8 Å². The summed E-state index contributed by atoms with van der Waals surface area (Å²) in [6, 6.07) is 0. The molecule has 86 valence electrons. The van der Waals surface area contributed by atoms with Crippen LogP contribution in [0.2, 0.25) is 0 Å². The Morgan fingerprint density at radius 3 is 2.43 bits per heavy atom. The largest absolute Gasteiger partial charge is 0.379 e. The van der Waals surface area contributed by atoms with Gasteiger partial charge in [0.2, 0.25) is 0 Å². The number of ether oxygens (including phenoxy) is 2. The normalized spacial score (nSPS) is 11.1. The van der Waals surface area contributed by atoms with E-state index in [1.54, 1.807) is 0 Å². The second-order valence-corrected chi connectivity index (χ2v) is 3.76. The van der Waals surface area contributed by atoms with Crippen LogP contribution in [0.4, 0.5) is 0 Å². The highest BCUT2D eigenvalue weighted by atomic mass is 16.5. The summed E-state index contributed by atoms with van der Waals surface area (Å²) in [6.45, 7) is 11.6. The standard InChI is InChI=1S/C11H25NO2/c1-4-13-8-9-14-7-5-6-12-10-11(2)3/h11-12H,4-10H2,1-3H3. The Hall–Kier alpha value is -0.120. The van der Waals surface area contributed by atoms with Crippen molar-refractivity contribution in [2.75, 3.05) is 39.5 Å². The number of hydrogen-bond donors (Lipinski definition) is 1. The quantitative estimate of drug-likeness (QED) is 0.548. The van der Waals surface area contributed by atoms with Gasteiger partial charge in [-0.25, -0.2) is 0 Å². The molecule has 0 fully saturated rings. The first-order valence-electron chi connectivity index (χ1n) is 5.63. The van der Waals surface area contributed by atoms with Crippen molar-refractivity contribution in [1.29, 1.82) is 0 Å². The second kappa shape index (κ2) is 11.0. The maximum absolute atomic E-state index is 5.38. The predicted molar refractivity (Wildman–Crippen MR) is 59.6 cm³/mol. The fourth-order valence-electron chi connectivity index (χ4n) is 1.05. The lowest BCUT2D eigenvalue weighted by atomic mass is 10.2. The molecule has 0 aliphatic rings. The molecule has 0 atom stereocenters. The lowest BCUT2D eigenvalue weighted by Gasteiger charge is -2.07. The van der Waals surface area contributed by atoms with Gasteiger partial charge in [0.25, 0.3) is 0 Å². The molecule has 3 heteroatoms. The molecule has 0 aromatic carbocycles. The van der Waals surface area contributed by atoms with Gasteiger partial charge in [0.15, 0.2) is 0 Å². The minimum Gasteiger partial charge on any atom is -0.379 e. The first-order chi connectivity index (χ1) is 6.77. The summed E-state index contributed by atoms with van der Waals surface area (Å²) in [7, 11) is 0. The molecular formula is C11H25NO2. The molecule has 14 heavy (non-hydrogen) atoms. The molecular weight excluding hydrogens is 178 g/mol. The molecule has 0 aliphatic carbocycles. The molecule has 0 saturated heterocycles. The summed E-state index contributed by atoms with van der Waals surface area (Å²) in [5.74, 6) is 0.730. The van der Waals surface area contributed by atoms with Gasteiger partial charge in [0.05, 0.1) is 13.2 Å². The summed E-state index contributed by atoms with van der Waals surface area (Å²) in [5.41, 5.74) is 0. The summed E-state index contributed by atoms with van der Waals surface area (Å²) < 4.78 is 10.5. The Bertz CT molecular complexity index is 107. The summed E-state index contributed by atoms with van der Waals surface area (Å²) in [4.78, 5) is 0. The maximum atomic E-state index is 5.38. The van der Waals surface area contributed by atoms with Crippen molar-refractivity contribution >= 4 is 0 Å². The van der Waals surface area contributed by atoms with Crippen LogP contribution in [0.25, 0.3) is 0 Å². The molecule has 0 heterocycles. The molecule has 0 amide bonds. The first kappa shape index (κ1) is 13.9. The van der Waals surface area contributed by atoms with Gasteiger partial charge >= 0.3 is 0 Å². The van der Waals surface area contributed by atoms with Gasteiger partial charge in [-0.05, 0) is 32.4 Å². The second-order valence-electron chi connectivity index (χ2n) is 3.76. The lowest BCUT2D eigenvalue weighted by molar-refractivity contribution is 0.0519. The highest BCUT2D eigenvalue weighted by Gasteiger charge is 1.92. The van der Waals surface area contributed by atoms with Crippen molar-refractivity contribution in [2.24, 2.45) is 5.92 Å². The van der Waals surface area contributed by atoms with Crippen LogP contribution in [0, 0.1) is 5.92 Å². The molecule has 0 bridgehead atoms. The van der Waals surface area contributed by atoms with Crippen molar-refractivity contribution in [2.45, 2.75) is 27.2 Å². The van der Waals surface area contributed by atoms with Crippen molar-refractivity contribution < 1.29 is 9.47 Å². The van der Waals surface area contributed by atoms with E-state index < -0.39 is 0 Å². The zero-order valence-electron chi connectivity index (χ0n) is 9.84. The van der Waals surface area contributed by atoms with Crippen LogP contribution in [0.1, 0.15) is 27.2 Å².